The zero-order valence-electron chi connectivity index (χ0n) is 14.6. The van der Waals surface area contributed by atoms with Crippen molar-refractivity contribution in [3.63, 3.8) is 0 Å². The number of carbonyl (C=O) groups excluding carboxylic acids is 1. The maximum Gasteiger partial charge on any atom is 0.305 e. The van der Waals surface area contributed by atoms with Crippen LogP contribution in [0.2, 0.25) is 0 Å². The van der Waals surface area contributed by atoms with E-state index < -0.39 is 0 Å². The monoisotopic (exact) mass is 374 g/mol. The van der Waals surface area contributed by atoms with E-state index in [2.05, 4.69) is 39.7 Å². The molecule has 0 amide bonds. The Labute approximate surface area is 146 Å². The van der Waals surface area contributed by atoms with Crippen molar-refractivity contribution in [1.82, 2.24) is 0 Å². The van der Waals surface area contributed by atoms with E-state index in [-0.39, 0.29) is 5.97 Å². The van der Waals surface area contributed by atoms with Gasteiger partial charge in [0.15, 0.2) is 0 Å². The molecule has 0 aliphatic rings. The third-order valence-electron chi connectivity index (χ3n) is 3.91. The second kappa shape index (κ2) is 17.1. The summed E-state index contributed by atoms with van der Waals surface area (Å²) in [4.78, 5) is 11.5. The van der Waals surface area contributed by atoms with Gasteiger partial charge in [-0.2, -0.15) is 0 Å². The molecular weight excluding hydrogens is 340 g/mol. The van der Waals surface area contributed by atoms with Crippen molar-refractivity contribution in [3.05, 3.63) is 12.2 Å². The Balaban J connectivity index is 3.30. The average molecular weight is 375 g/mol. The molecule has 1 unspecified atom stereocenters. The first-order valence-corrected chi connectivity index (χ1v) is 9.99. The second-order valence-electron chi connectivity index (χ2n) is 6.03. The lowest BCUT2D eigenvalue weighted by Crippen LogP contribution is -1.99. The second-order valence-corrected chi connectivity index (χ2v) is 7.21. The fourth-order valence-electron chi connectivity index (χ4n) is 2.45. The number of hydrogen-bond acceptors (Lipinski definition) is 2. The van der Waals surface area contributed by atoms with Crippen molar-refractivity contribution >= 4 is 21.9 Å². The molecule has 22 heavy (non-hydrogen) atoms. The Bertz CT molecular complexity index is 277. The number of alkyl halides is 1. The maximum atomic E-state index is 10.9. The lowest BCUT2D eigenvalue weighted by molar-refractivity contribution is -0.140. The Hall–Kier alpha value is -0.310. The van der Waals surface area contributed by atoms with E-state index in [1.165, 1.54) is 71.3 Å². The van der Waals surface area contributed by atoms with E-state index in [0.717, 1.165) is 12.8 Å². The quantitative estimate of drug-likeness (QED) is 0.140. The van der Waals surface area contributed by atoms with Crippen LogP contribution in [0.4, 0.5) is 0 Å². The number of unbranched alkanes of at least 4 members (excludes halogenated alkanes) is 9. The van der Waals surface area contributed by atoms with Gasteiger partial charge < -0.3 is 4.74 Å². The summed E-state index contributed by atoms with van der Waals surface area (Å²) in [5.74, 6) is -0.0824. The third kappa shape index (κ3) is 16.1. The van der Waals surface area contributed by atoms with Crippen LogP contribution >= 0.6 is 15.9 Å². The van der Waals surface area contributed by atoms with Gasteiger partial charge in [-0.1, -0.05) is 86.4 Å². The summed E-state index contributed by atoms with van der Waals surface area (Å²) >= 11 is 3.74. The van der Waals surface area contributed by atoms with Gasteiger partial charge in [0.2, 0.25) is 0 Å². The zero-order valence-corrected chi connectivity index (χ0v) is 16.2. The largest absolute Gasteiger partial charge is 0.469 e. The minimum Gasteiger partial charge on any atom is -0.469 e. The van der Waals surface area contributed by atoms with Crippen LogP contribution in [0.5, 0.6) is 0 Å². The summed E-state index contributed by atoms with van der Waals surface area (Å²) in [5, 5.41) is 0. The Morgan fingerprint density at radius 2 is 1.64 bits per heavy atom. The molecule has 0 saturated carbocycles. The highest BCUT2D eigenvalue weighted by Gasteiger charge is 2.00. The van der Waals surface area contributed by atoms with E-state index >= 15 is 0 Å². The number of hydrogen-bond donors (Lipinski definition) is 0. The van der Waals surface area contributed by atoms with Crippen LogP contribution in [0.25, 0.3) is 0 Å². The van der Waals surface area contributed by atoms with Crippen molar-refractivity contribution in [2.45, 2.75) is 95.2 Å². The molecule has 2 nitrogen and oxygen atoms in total. The lowest BCUT2D eigenvalue weighted by atomic mass is 10.1. The van der Waals surface area contributed by atoms with E-state index in [4.69, 9.17) is 0 Å². The predicted molar refractivity (Wildman–Crippen MR) is 99.6 cm³/mol. The van der Waals surface area contributed by atoms with Crippen LogP contribution in [0.15, 0.2) is 12.2 Å². The molecular formula is C19H35BrO2. The fraction of sp³-hybridized carbons (Fsp3) is 0.842. The normalized spacial score (nSPS) is 12.7. The summed E-state index contributed by atoms with van der Waals surface area (Å²) in [7, 11) is 1.46. The smallest absolute Gasteiger partial charge is 0.305 e. The Kier molecular flexibility index (Phi) is 16.8. The van der Waals surface area contributed by atoms with Gasteiger partial charge in [0.1, 0.15) is 0 Å². The number of methoxy groups -OCH3 is 1. The summed E-state index contributed by atoms with van der Waals surface area (Å²) < 4.78 is 4.63. The fourth-order valence-corrected chi connectivity index (χ4v) is 2.99. The molecule has 0 radical (unpaired) electrons. The molecule has 0 aromatic heterocycles. The maximum absolute atomic E-state index is 10.9. The Morgan fingerprint density at radius 1 is 1.00 bits per heavy atom. The highest BCUT2D eigenvalue weighted by atomic mass is 79.9. The Morgan fingerprint density at radius 3 is 2.36 bits per heavy atom. The van der Waals surface area contributed by atoms with Gasteiger partial charge >= 0.3 is 5.97 Å². The van der Waals surface area contributed by atoms with Crippen LogP contribution in [0.3, 0.4) is 0 Å². The van der Waals surface area contributed by atoms with Crippen LogP contribution < -0.4 is 0 Å². The van der Waals surface area contributed by atoms with Gasteiger partial charge in [-0.05, 0) is 25.7 Å². The van der Waals surface area contributed by atoms with Crippen LogP contribution in [0, 0.1) is 0 Å². The molecule has 0 bridgehead atoms. The zero-order chi connectivity index (χ0) is 16.5. The first kappa shape index (κ1) is 21.7. The minimum atomic E-state index is -0.0824. The number of carbonyl (C=O) groups is 1. The van der Waals surface area contributed by atoms with Gasteiger partial charge in [-0.3, -0.25) is 4.79 Å². The highest BCUT2D eigenvalue weighted by molar-refractivity contribution is 9.09. The molecule has 0 aromatic carbocycles. The van der Waals surface area contributed by atoms with E-state index in [1.807, 2.05) is 0 Å². The number of halogens is 1. The van der Waals surface area contributed by atoms with E-state index in [0.29, 0.717) is 11.2 Å². The number of ether oxygens (including phenoxy) is 1. The number of rotatable bonds is 15. The standard InChI is InChI=1S/C19H35BrO2/c1-3-4-5-9-12-15-18(20)16-13-10-7-6-8-11-14-17-19(21)22-2/h13,16,18H,3-12,14-15,17H2,1-2H3/b16-13-. The highest BCUT2D eigenvalue weighted by Crippen LogP contribution is 2.15. The van der Waals surface area contributed by atoms with Crippen molar-refractivity contribution in [1.29, 1.82) is 0 Å². The van der Waals surface area contributed by atoms with Crippen LogP contribution in [-0.2, 0) is 9.53 Å². The topological polar surface area (TPSA) is 26.3 Å². The molecule has 1 atom stereocenters. The first-order valence-electron chi connectivity index (χ1n) is 9.08. The SMILES string of the molecule is CCCCCCCC(Br)/C=C\CCCCCCCC(=O)OC. The summed E-state index contributed by atoms with van der Waals surface area (Å²) in [6.45, 7) is 2.26. The molecule has 3 heteroatoms. The molecule has 0 aliphatic carbocycles. The number of allylic oxidation sites excluding steroid dienone is 2. The molecule has 0 aromatic rings. The van der Waals surface area contributed by atoms with E-state index in [9.17, 15) is 4.79 Å². The molecule has 0 fully saturated rings. The van der Waals surface area contributed by atoms with Crippen LogP contribution in [0.1, 0.15) is 90.4 Å². The predicted octanol–water partition coefficient (Wildman–Crippen LogP) is 6.57. The van der Waals surface area contributed by atoms with Crippen molar-refractivity contribution in [2.24, 2.45) is 0 Å². The summed E-state index contributed by atoms with van der Waals surface area (Å²) in [6, 6.07) is 0. The van der Waals surface area contributed by atoms with Crippen molar-refractivity contribution in [3.8, 4) is 0 Å². The number of esters is 1. The molecule has 0 rings (SSSR count). The van der Waals surface area contributed by atoms with Gasteiger partial charge in [0.05, 0.1) is 7.11 Å². The van der Waals surface area contributed by atoms with Gasteiger partial charge in [0, 0.05) is 11.2 Å². The van der Waals surface area contributed by atoms with E-state index in [1.54, 1.807) is 0 Å². The third-order valence-corrected chi connectivity index (χ3v) is 4.67. The van der Waals surface area contributed by atoms with Gasteiger partial charge in [-0.15, -0.1) is 0 Å². The summed E-state index contributed by atoms with van der Waals surface area (Å²) in [5.41, 5.74) is 0. The first-order chi connectivity index (χ1) is 10.7. The molecule has 130 valence electrons. The van der Waals surface area contributed by atoms with Crippen molar-refractivity contribution < 1.29 is 9.53 Å². The lowest BCUT2D eigenvalue weighted by Gasteiger charge is -2.04. The molecule has 0 N–H and O–H groups in total. The molecule has 0 spiro atoms. The van der Waals surface area contributed by atoms with Gasteiger partial charge in [0.25, 0.3) is 0 Å². The molecule has 0 saturated heterocycles. The van der Waals surface area contributed by atoms with Crippen molar-refractivity contribution in [2.75, 3.05) is 7.11 Å². The van der Waals surface area contributed by atoms with Gasteiger partial charge in [-0.25, -0.2) is 0 Å². The van der Waals surface area contributed by atoms with Crippen LogP contribution in [-0.4, -0.2) is 17.9 Å². The minimum absolute atomic E-state index is 0.0824. The summed E-state index contributed by atoms with van der Waals surface area (Å²) in [6.07, 6.45) is 20.3. The molecule has 0 heterocycles. The molecule has 0 aliphatic heterocycles. The average Bonchev–Trinajstić information content (AvgIpc) is 2.52.